The monoisotopic (exact) mass is 562 g/mol. The summed E-state index contributed by atoms with van der Waals surface area (Å²) in [7, 11) is 0. The number of hydrogen-bond acceptors (Lipinski definition) is 0. The summed E-state index contributed by atoms with van der Waals surface area (Å²) in [6.45, 7) is 17.9. The summed E-state index contributed by atoms with van der Waals surface area (Å²) in [6, 6.07) is 2.26. The second-order valence-electron chi connectivity index (χ2n) is 11.1. The Labute approximate surface area is 209 Å². The first-order valence-electron chi connectivity index (χ1n) is 13.3. The molecule has 5 unspecified atom stereocenters. The first-order valence-corrected chi connectivity index (χ1v) is 17.1. The normalized spacial score (nSPS) is 30.3. The van der Waals surface area contributed by atoms with E-state index in [0.29, 0.717) is 0 Å². The predicted octanol–water partition coefficient (Wildman–Crippen LogP) is 9.87. The number of benzene rings is 1. The van der Waals surface area contributed by atoms with Crippen LogP contribution in [-0.4, -0.2) is 3.92 Å². The van der Waals surface area contributed by atoms with Gasteiger partial charge in [-0.05, 0) is 0 Å². The Balaban J connectivity index is 1.70. The van der Waals surface area contributed by atoms with Crippen LogP contribution < -0.4 is 0 Å². The molecule has 1 fully saturated rings. The molecule has 0 N–H and O–H groups in total. The van der Waals surface area contributed by atoms with Crippen molar-refractivity contribution < 1.29 is 4.39 Å². The topological polar surface area (TPSA) is 0 Å². The molecule has 182 valence electrons. The molecule has 0 saturated heterocycles. The predicted molar refractivity (Wildman–Crippen MR) is 151 cm³/mol. The van der Waals surface area contributed by atoms with E-state index in [4.69, 9.17) is 0 Å². The van der Waals surface area contributed by atoms with E-state index in [2.05, 4.69) is 68.4 Å². The van der Waals surface area contributed by atoms with Gasteiger partial charge in [-0.15, -0.1) is 0 Å². The van der Waals surface area contributed by atoms with Crippen molar-refractivity contribution in [2.24, 2.45) is 17.8 Å². The van der Waals surface area contributed by atoms with Gasteiger partial charge in [-0.3, -0.25) is 0 Å². The standard InChI is InChI=1S/C31H44FI/c1-8-22-11-12-33(18-22)29-17-24(25(9-2)26(29)10-3)15-23-16-27(19(4)5)31(32)30-21(7)13-20(6)14-28(23)30/h11-12,16,18-19,21,24-26,29H,6,8-10,13-15,17H2,1-5,7H3. The van der Waals surface area contributed by atoms with E-state index >= 15 is 4.39 Å². The summed E-state index contributed by atoms with van der Waals surface area (Å²) in [6.07, 6.45) is 10.5. The number of alkyl halides is 1. The number of allylic oxidation sites excluding steroid dienone is 3. The first kappa shape index (κ1) is 25.2. The molecule has 0 spiro atoms. The van der Waals surface area contributed by atoms with Crippen LogP contribution in [0, 0.1) is 23.6 Å². The third kappa shape index (κ3) is 4.80. The molecule has 1 saturated carbocycles. The minimum atomic E-state index is -1.18. The van der Waals surface area contributed by atoms with E-state index in [-0.39, 0.29) is 17.7 Å². The third-order valence-corrected chi connectivity index (χ3v) is 14.7. The van der Waals surface area contributed by atoms with Gasteiger partial charge in [0.2, 0.25) is 0 Å². The Morgan fingerprint density at radius 3 is 2.48 bits per heavy atom. The van der Waals surface area contributed by atoms with Crippen LogP contribution >= 0.6 is 19.8 Å². The zero-order valence-corrected chi connectivity index (χ0v) is 23.8. The average molecular weight is 563 g/mol. The summed E-state index contributed by atoms with van der Waals surface area (Å²) in [5.41, 5.74) is 7.54. The van der Waals surface area contributed by atoms with Crippen LogP contribution in [-0.2, 0) is 12.8 Å². The zero-order chi connectivity index (χ0) is 23.9. The van der Waals surface area contributed by atoms with Crippen molar-refractivity contribution in [3.05, 3.63) is 66.1 Å². The molecule has 0 radical (unpaired) electrons. The Kier molecular flexibility index (Phi) is 7.93. The quantitative estimate of drug-likeness (QED) is 0.176. The van der Waals surface area contributed by atoms with Gasteiger partial charge in [-0.25, -0.2) is 0 Å². The van der Waals surface area contributed by atoms with Crippen molar-refractivity contribution in [1.82, 2.24) is 0 Å². The summed E-state index contributed by atoms with van der Waals surface area (Å²) in [5, 5.41) is 0. The zero-order valence-electron chi connectivity index (χ0n) is 21.7. The van der Waals surface area contributed by atoms with Crippen molar-refractivity contribution in [3.8, 4) is 0 Å². The van der Waals surface area contributed by atoms with Crippen molar-refractivity contribution in [3.63, 3.8) is 0 Å². The van der Waals surface area contributed by atoms with Gasteiger partial charge in [-0.2, -0.15) is 0 Å². The van der Waals surface area contributed by atoms with Crippen LogP contribution in [0.5, 0.6) is 0 Å². The van der Waals surface area contributed by atoms with Gasteiger partial charge >= 0.3 is 210 Å². The molecule has 5 atom stereocenters. The van der Waals surface area contributed by atoms with Crippen molar-refractivity contribution >= 4 is 19.8 Å². The molecule has 3 aliphatic rings. The molecule has 0 amide bonds. The maximum atomic E-state index is 15.6. The molecule has 0 aromatic heterocycles. The number of fused-ring (bicyclic) bond motifs is 1. The molecule has 0 nitrogen and oxygen atoms in total. The summed E-state index contributed by atoms with van der Waals surface area (Å²) in [4.78, 5) is 0. The Morgan fingerprint density at radius 1 is 1.15 bits per heavy atom. The third-order valence-electron chi connectivity index (χ3n) is 8.66. The second-order valence-corrected chi connectivity index (χ2v) is 16.2. The molecule has 1 aliphatic heterocycles. The van der Waals surface area contributed by atoms with Gasteiger partial charge in [0.05, 0.1) is 0 Å². The summed E-state index contributed by atoms with van der Waals surface area (Å²) < 4.78 is 21.9. The molecule has 1 aromatic rings. The fourth-order valence-corrected chi connectivity index (χ4v) is 14.0. The summed E-state index contributed by atoms with van der Waals surface area (Å²) >= 11 is -1.18. The number of halogens is 2. The van der Waals surface area contributed by atoms with Gasteiger partial charge in [0.25, 0.3) is 0 Å². The van der Waals surface area contributed by atoms with E-state index in [0.717, 1.165) is 52.1 Å². The van der Waals surface area contributed by atoms with Crippen LogP contribution in [0.3, 0.4) is 0 Å². The van der Waals surface area contributed by atoms with E-state index in [9.17, 15) is 0 Å². The Hall–Kier alpha value is -0.900. The average Bonchev–Trinajstić information content (AvgIpc) is 3.38. The molecule has 1 heterocycles. The van der Waals surface area contributed by atoms with Crippen molar-refractivity contribution in [2.75, 3.05) is 0 Å². The first-order chi connectivity index (χ1) is 15.8. The van der Waals surface area contributed by atoms with Crippen LogP contribution in [0.2, 0.25) is 0 Å². The van der Waals surface area contributed by atoms with Crippen molar-refractivity contribution in [1.29, 1.82) is 0 Å². The minimum absolute atomic E-state index is 0.0770. The van der Waals surface area contributed by atoms with Gasteiger partial charge in [0.1, 0.15) is 0 Å². The molecular formula is C31H44FI. The Morgan fingerprint density at radius 2 is 1.88 bits per heavy atom. The fourth-order valence-electron chi connectivity index (χ4n) is 7.00. The van der Waals surface area contributed by atoms with Crippen LogP contribution in [0.25, 0.3) is 0 Å². The number of rotatable bonds is 7. The van der Waals surface area contributed by atoms with E-state index in [1.54, 1.807) is 5.57 Å². The summed E-state index contributed by atoms with van der Waals surface area (Å²) in [5.74, 6) is 2.94. The molecule has 1 aromatic carbocycles. The molecular weight excluding hydrogens is 518 g/mol. The molecule has 0 bridgehead atoms. The van der Waals surface area contributed by atoms with Gasteiger partial charge in [-0.1, -0.05) is 0 Å². The fraction of sp³-hybridized carbons (Fsp3) is 0.613. The van der Waals surface area contributed by atoms with Crippen LogP contribution in [0.4, 0.5) is 4.39 Å². The number of hydrogen-bond donors (Lipinski definition) is 0. The van der Waals surface area contributed by atoms with E-state index in [1.165, 1.54) is 42.4 Å². The van der Waals surface area contributed by atoms with Gasteiger partial charge in [0.15, 0.2) is 0 Å². The van der Waals surface area contributed by atoms with Gasteiger partial charge < -0.3 is 0 Å². The van der Waals surface area contributed by atoms with Gasteiger partial charge in [0, 0.05) is 0 Å². The van der Waals surface area contributed by atoms with Crippen molar-refractivity contribution in [2.45, 2.75) is 102 Å². The SMILES string of the molecule is C=C1Cc2c(CC3CC(I4C=CC(CC)=C4)C(CC)C3CC)cc(C(C)C)c(F)c2C(C)C1. The van der Waals surface area contributed by atoms with E-state index < -0.39 is 19.8 Å². The van der Waals surface area contributed by atoms with Crippen LogP contribution in [0.1, 0.15) is 108 Å². The molecule has 4 rings (SSSR count). The maximum absolute atomic E-state index is 15.6. The molecule has 33 heavy (non-hydrogen) atoms. The van der Waals surface area contributed by atoms with Crippen LogP contribution in [0.15, 0.2) is 38.0 Å². The van der Waals surface area contributed by atoms with E-state index in [1.807, 2.05) is 0 Å². The second kappa shape index (κ2) is 10.4. The molecule has 2 aliphatic carbocycles. The molecule has 2 heteroatoms. The Bertz CT molecular complexity index is 952.